The predicted octanol–water partition coefficient (Wildman–Crippen LogP) is 1.26. The zero-order valence-corrected chi connectivity index (χ0v) is 15.8. The molecular weight excluding hydrogens is 370 g/mol. The van der Waals surface area contributed by atoms with Crippen LogP contribution in [0.1, 0.15) is 20.8 Å². The number of carbonyl (C=O) groups is 2. The molecule has 0 saturated heterocycles. The van der Waals surface area contributed by atoms with Gasteiger partial charge >= 0.3 is 6.09 Å². The largest absolute Gasteiger partial charge is 0.444 e. The number of alkyl carbamates (subject to hydrolysis) is 1. The smallest absolute Gasteiger partial charge is 0.408 e. The van der Waals surface area contributed by atoms with E-state index >= 15 is 0 Å². The first-order chi connectivity index (χ1) is 11.5. The van der Waals surface area contributed by atoms with Crippen molar-refractivity contribution in [3.05, 3.63) is 29.3 Å². The lowest BCUT2D eigenvalue weighted by atomic mass is 10.2. The van der Waals surface area contributed by atoms with Crippen LogP contribution in [0.2, 0.25) is 5.02 Å². The van der Waals surface area contributed by atoms with Crippen molar-refractivity contribution in [3.63, 3.8) is 0 Å². The number of rotatable bonds is 7. The molecule has 0 spiro atoms. The Morgan fingerprint density at radius 1 is 1.08 bits per heavy atom. The van der Waals surface area contributed by atoms with Gasteiger partial charge in [0.25, 0.3) is 0 Å². The fourth-order valence-corrected chi connectivity index (χ4v) is 2.77. The van der Waals surface area contributed by atoms with Gasteiger partial charge in [-0.1, -0.05) is 11.6 Å². The summed E-state index contributed by atoms with van der Waals surface area (Å²) in [5.41, 5.74) is -0.652. The summed E-state index contributed by atoms with van der Waals surface area (Å²) in [7, 11) is -3.67. The van der Waals surface area contributed by atoms with Gasteiger partial charge in [0.15, 0.2) is 0 Å². The molecule has 0 atom stereocenters. The molecule has 1 aromatic rings. The molecule has 0 bridgehead atoms. The van der Waals surface area contributed by atoms with Gasteiger partial charge < -0.3 is 15.4 Å². The summed E-state index contributed by atoms with van der Waals surface area (Å²) in [4.78, 5) is 23.0. The van der Waals surface area contributed by atoms with E-state index in [1.807, 2.05) is 0 Å². The Bertz CT molecular complexity index is 699. The van der Waals surface area contributed by atoms with Crippen LogP contribution >= 0.6 is 11.6 Å². The van der Waals surface area contributed by atoms with Crippen LogP contribution in [0, 0.1) is 0 Å². The van der Waals surface area contributed by atoms with Crippen LogP contribution in [-0.2, 0) is 19.6 Å². The van der Waals surface area contributed by atoms with Crippen LogP contribution in [0.15, 0.2) is 29.2 Å². The first-order valence-corrected chi connectivity index (χ1v) is 9.34. The van der Waals surface area contributed by atoms with Crippen LogP contribution in [0.3, 0.4) is 0 Å². The van der Waals surface area contributed by atoms with Gasteiger partial charge in [-0.05, 0) is 45.0 Å². The maximum Gasteiger partial charge on any atom is 0.408 e. The topological polar surface area (TPSA) is 114 Å². The molecule has 1 rings (SSSR count). The summed E-state index contributed by atoms with van der Waals surface area (Å²) >= 11 is 5.71. The Balaban J connectivity index is 2.29. The van der Waals surface area contributed by atoms with Gasteiger partial charge in [0.2, 0.25) is 15.9 Å². The van der Waals surface area contributed by atoms with E-state index in [0.29, 0.717) is 5.02 Å². The fourth-order valence-electron chi connectivity index (χ4n) is 1.61. The van der Waals surface area contributed by atoms with Gasteiger partial charge in [-0.2, -0.15) is 0 Å². The standard InChI is InChI=1S/C15H22ClN3O5S/c1-15(2,3)24-14(21)18-10-13(20)17-8-9-19-25(22,23)12-6-4-11(16)5-7-12/h4-7,19H,8-10H2,1-3H3,(H,17,20)(H,18,21). The van der Waals surface area contributed by atoms with Crippen molar-refractivity contribution in [1.82, 2.24) is 15.4 Å². The zero-order valence-electron chi connectivity index (χ0n) is 14.3. The molecule has 0 aliphatic heterocycles. The van der Waals surface area contributed by atoms with Crippen molar-refractivity contribution in [2.45, 2.75) is 31.3 Å². The molecular formula is C15H22ClN3O5S. The molecule has 140 valence electrons. The van der Waals surface area contributed by atoms with Gasteiger partial charge in [-0.15, -0.1) is 0 Å². The molecule has 10 heteroatoms. The molecule has 0 unspecified atom stereocenters. The predicted molar refractivity (Wildman–Crippen MR) is 93.9 cm³/mol. The van der Waals surface area contributed by atoms with Crippen molar-refractivity contribution in [2.75, 3.05) is 19.6 Å². The molecule has 0 fully saturated rings. The normalized spacial score (nSPS) is 11.7. The van der Waals surface area contributed by atoms with Gasteiger partial charge in [0.1, 0.15) is 5.60 Å². The molecule has 0 saturated carbocycles. The van der Waals surface area contributed by atoms with Gasteiger partial charge in [-0.25, -0.2) is 17.9 Å². The van der Waals surface area contributed by atoms with Gasteiger partial charge in [-0.3, -0.25) is 4.79 Å². The van der Waals surface area contributed by atoms with E-state index in [-0.39, 0.29) is 24.5 Å². The average Bonchev–Trinajstić information content (AvgIpc) is 2.48. The highest BCUT2D eigenvalue weighted by molar-refractivity contribution is 7.89. The van der Waals surface area contributed by atoms with Gasteiger partial charge in [0.05, 0.1) is 11.4 Å². The summed E-state index contributed by atoms with van der Waals surface area (Å²) in [6.45, 7) is 4.93. The fraction of sp³-hybridized carbons (Fsp3) is 0.467. The molecule has 1 aromatic carbocycles. The van der Waals surface area contributed by atoms with E-state index in [4.69, 9.17) is 16.3 Å². The molecule has 0 aliphatic carbocycles. The second kappa shape index (κ2) is 9.02. The summed E-state index contributed by atoms with van der Waals surface area (Å²) in [6, 6.07) is 5.71. The summed E-state index contributed by atoms with van der Waals surface area (Å²) < 4.78 is 31.3. The van der Waals surface area contributed by atoms with E-state index in [0.717, 1.165) is 0 Å². The van der Waals surface area contributed by atoms with Crippen LogP contribution in [0.25, 0.3) is 0 Å². The number of nitrogens with one attached hydrogen (secondary N) is 3. The van der Waals surface area contributed by atoms with Crippen LogP contribution in [-0.4, -0.2) is 45.7 Å². The van der Waals surface area contributed by atoms with Crippen molar-refractivity contribution in [3.8, 4) is 0 Å². The third kappa shape index (κ3) is 8.71. The molecule has 2 amide bonds. The number of halogens is 1. The number of carbonyl (C=O) groups excluding carboxylic acids is 2. The monoisotopic (exact) mass is 391 g/mol. The summed E-state index contributed by atoms with van der Waals surface area (Å²) in [5, 5.41) is 5.21. The van der Waals surface area contributed by atoms with Crippen molar-refractivity contribution in [1.29, 1.82) is 0 Å². The van der Waals surface area contributed by atoms with Gasteiger partial charge in [0, 0.05) is 18.1 Å². The second-order valence-corrected chi connectivity index (χ2v) is 8.26. The Morgan fingerprint density at radius 2 is 1.68 bits per heavy atom. The Hall–Kier alpha value is -1.84. The van der Waals surface area contributed by atoms with Crippen molar-refractivity contribution < 1.29 is 22.7 Å². The molecule has 0 heterocycles. The minimum absolute atomic E-state index is 0.00311. The van der Waals surface area contributed by atoms with E-state index in [1.54, 1.807) is 20.8 Å². The summed E-state index contributed by atoms with van der Waals surface area (Å²) in [5.74, 6) is -0.462. The highest BCUT2D eigenvalue weighted by atomic mass is 35.5. The average molecular weight is 392 g/mol. The lowest BCUT2D eigenvalue weighted by Crippen LogP contribution is -2.41. The lowest BCUT2D eigenvalue weighted by Gasteiger charge is -2.19. The van der Waals surface area contributed by atoms with Crippen LogP contribution in [0.5, 0.6) is 0 Å². The Morgan fingerprint density at radius 3 is 2.24 bits per heavy atom. The van der Waals surface area contributed by atoms with Crippen molar-refractivity contribution >= 4 is 33.6 Å². The SMILES string of the molecule is CC(C)(C)OC(=O)NCC(=O)NCCNS(=O)(=O)c1ccc(Cl)cc1. The number of hydrogen-bond donors (Lipinski definition) is 3. The second-order valence-electron chi connectivity index (χ2n) is 6.06. The number of hydrogen-bond acceptors (Lipinski definition) is 5. The molecule has 8 nitrogen and oxygen atoms in total. The first-order valence-electron chi connectivity index (χ1n) is 7.48. The first kappa shape index (κ1) is 21.2. The lowest BCUT2D eigenvalue weighted by molar-refractivity contribution is -0.120. The quantitative estimate of drug-likeness (QED) is 0.605. The Kier molecular flexibility index (Phi) is 7.65. The van der Waals surface area contributed by atoms with E-state index < -0.39 is 27.6 Å². The number of sulfonamides is 1. The highest BCUT2D eigenvalue weighted by Crippen LogP contribution is 2.13. The number of benzene rings is 1. The van der Waals surface area contributed by atoms with E-state index in [1.165, 1.54) is 24.3 Å². The maximum atomic E-state index is 12.0. The molecule has 25 heavy (non-hydrogen) atoms. The number of amides is 2. The minimum Gasteiger partial charge on any atom is -0.444 e. The van der Waals surface area contributed by atoms with E-state index in [2.05, 4.69) is 15.4 Å². The zero-order chi connectivity index (χ0) is 19.1. The third-order valence-corrected chi connectivity index (χ3v) is 4.38. The minimum atomic E-state index is -3.67. The molecule has 0 radical (unpaired) electrons. The van der Waals surface area contributed by atoms with Crippen molar-refractivity contribution in [2.24, 2.45) is 0 Å². The van der Waals surface area contributed by atoms with Crippen LogP contribution < -0.4 is 15.4 Å². The maximum absolute atomic E-state index is 12.0. The van der Waals surface area contributed by atoms with Crippen LogP contribution in [0.4, 0.5) is 4.79 Å². The highest BCUT2D eigenvalue weighted by Gasteiger charge is 2.17. The number of ether oxygens (including phenoxy) is 1. The Labute approximate surface area is 152 Å². The third-order valence-electron chi connectivity index (χ3n) is 2.66. The molecule has 0 aliphatic rings. The molecule has 0 aromatic heterocycles. The summed E-state index contributed by atoms with van der Waals surface area (Å²) in [6.07, 6.45) is -0.703. The molecule has 3 N–H and O–H groups in total. The van der Waals surface area contributed by atoms with E-state index in [9.17, 15) is 18.0 Å².